The lowest BCUT2D eigenvalue weighted by Gasteiger charge is -2.13. The molecular weight excluding hydrogens is 452 g/mol. The van der Waals surface area contributed by atoms with Gasteiger partial charge in [-0.3, -0.25) is 9.59 Å². The van der Waals surface area contributed by atoms with Gasteiger partial charge in [0.1, 0.15) is 6.61 Å². The van der Waals surface area contributed by atoms with Gasteiger partial charge in [0.15, 0.2) is 11.5 Å². The molecule has 0 unspecified atom stereocenters. The van der Waals surface area contributed by atoms with Crippen LogP contribution >= 0.6 is 11.6 Å². The van der Waals surface area contributed by atoms with Crippen LogP contribution in [0.4, 0.5) is 0 Å². The Hall–Kier alpha value is -3.90. The molecule has 0 spiro atoms. The van der Waals surface area contributed by atoms with E-state index < -0.39 is 11.8 Å². The average Bonchev–Trinajstić information content (AvgIpc) is 3.12. The number of amides is 2. The lowest BCUT2D eigenvalue weighted by Crippen LogP contribution is -2.29. The fourth-order valence-electron chi connectivity index (χ4n) is 3.48. The highest BCUT2D eigenvalue weighted by molar-refractivity contribution is 6.31. The molecule has 0 saturated heterocycles. The first-order valence-electron chi connectivity index (χ1n) is 10.8. The normalized spacial score (nSPS) is 14.3. The van der Waals surface area contributed by atoms with Crippen molar-refractivity contribution in [1.82, 2.24) is 5.01 Å². The van der Waals surface area contributed by atoms with Gasteiger partial charge in [-0.2, -0.15) is 10.1 Å². The highest BCUT2D eigenvalue weighted by atomic mass is 35.5. The second kappa shape index (κ2) is 10.4. The molecule has 1 aliphatic rings. The van der Waals surface area contributed by atoms with Gasteiger partial charge in [0.25, 0.3) is 11.8 Å². The molecular formula is C27H23ClN2O4. The first-order valence-corrected chi connectivity index (χ1v) is 11.2. The molecule has 1 aliphatic heterocycles. The topological polar surface area (TPSA) is 68.2 Å². The number of halogens is 1. The number of carbonyl (C=O) groups is 2. The molecule has 7 heteroatoms. The Kier molecular flexibility index (Phi) is 7.09. The molecule has 1 heterocycles. The van der Waals surface area contributed by atoms with Crippen LogP contribution in [0.2, 0.25) is 5.02 Å². The van der Waals surface area contributed by atoms with Crippen molar-refractivity contribution in [3.63, 3.8) is 0 Å². The number of hydrogen-bond acceptors (Lipinski definition) is 5. The Morgan fingerprint density at radius 1 is 1.00 bits per heavy atom. The molecule has 6 nitrogen and oxygen atoms in total. The Bertz CT molecular complexity index is 1280. The van der Waals surface area contributed by atoms with Crippen molar-refractivity contribution in [2.45, 2.75) is 20.5 Å². The van der Waals surface area contributed by atoms with Gasteiger partial charge in [-0.25, -0.2) is 0 Å². The standard InChI is InChI=1S/C27H23ClN2O4/c1-3-33-25-16-19(12-13-24(25)34-17-20-8-7-11-22(28)14-20)15-23-18(2)29-30(27(23)32)26(31)21-9-5-4-6-10-21/h4-16H,3,17H2,1-2H3/b23-15+. The quantitative estimate of drug-likeness (QED) is 0.322. The summed E-state index contributed by atoms with van der Waals surface area (Å²) in [5.74, 6) is 0.197. The van der Waals surface area contributed by atoms with Crippen LogP contribution in [0.15, 0.2) is 83.5 Å². The van der Waals surface area contributed by atoms with E-state index in [1.165, 1.54) is 0 Å². The van der Waals surface area contributed by atoms with E-state index in [4.69, 9.17) is 21.1 Å². The van der Waals surface area contributed by atoms with Crippen molar-refractivity contribution in [2.75, 3.05) is 6.61 Å². The second-order valence-electron chi connectivity index (χ2n) is 7.59. The fourth-order valence-corrected chi connectivity index (χ4v) is 3.69. The number of rotatable bonds is 7. The van der Waals surface area contributed by atoms with Crippen molar-refractivity contribution >= 4 is 35.2 Å². The molecule has 0 saturated carbocycles. The summed E-state index contributed by atoms with van der Waals surface area (Å²) in [5.41, 5.74) is 2.87. The maximum Gasteiger partial charge on any atom is 0.283 e. The summed E-state index contributed by atoms with van der Waals surface area (Å²) in [6, 6.07) is 21.5. The zero-order valence-corrected chi connectivity index (χ0v) is 19.6. The van der Waals surface area contributed by atoms with Gasteiger partial charge in [0, 0.05) is 10.6 Å². The van der Waals surface area contributed by atoms with E-state index in [1.54, 1.807) is 55.5 Å². The van der Waals surface area contributed by atoms with E-state index in [0.29, 0.717) is 46.6 Å². The summed E-state index contributed by atoms with van der Waals surface area (Å²) in [7, 11) is 0. The lowest BCUT2D eigenvalue weighted by atomic mass is 10.1. The number of nitrogens with zero attached hydrogens (tertiary/aromatic N) is 2. The summed E-state index contributed by atoms with van der Waals surface area (Å²) in [4.78, 5) is 25.7. The van der Waals surface area contributed by atoms with E-state index in [9.17, 15) is 9.59 Å². The number of carbonyl (C=O) groups excluding carboxylic acids is 2. The SMILES string of the molecule is CCOc1cc(/C=C2/C(=O)N(C(=O)c3ccccc3)N=C2C)ccc1OCc1cccc(Cl)c1. The van der Waals surface area contributed by atoms with Gasteiger partial charge in [0.2, 0.25) is 0 Å². The van der Waals surface area contributed by atoms with Crippen LogP contribution in [-0.2, 0) is 11.4 Å². The third kappa shape index (κ3) is 5.18. The van der Waals surface area contributed by atoms with Gasteiger partial charge in [-0.05, 0) is 67.4 Å². The molecule has 4 rings (SSSR count). The van der Waals surface area contributed by atoms with Crippen LogP contribution in [0.5, 0.6) is 11.5 Å². The van der Waals surface area contributed by atoms with Crippen molar-refractivity contribution < 1.29 is 19.1 Å². The third-order valence-corrected chi connectivity index (χ3v) is 5.37. The summed E-state index contributed by atoms with van der Waals surface area (Å²) in [6.07, 6.45) is 1.70. The van der Waals surface area contributed by atoms with Crippen LogP contribution in [-0.4, -0.2) is 29.1 Å². The van der Waals surface area contributed by atoms with Crippen molar-refractivity contribution in [3.05, 3.63) is 100 Å². The average molecular weight is 475 g/mol. The monoisotopic (exact) mass is 474 g/mol. The molecule has 0 radical (unpaired) electrons. The molecule has 0 aromatic heterocycles. The number of ether oxygens (including phenoxy) is 2. The minimum Gasteiger partial charge on any atom is -0.490 e. The molecule has 34 heavy (non-hydrogen) atoms. The van der Waals surface area contributed by atoms with Crippen molar-refractivity contribution in [1.29, 1.82) is 0 Å². The Balaban J connectivity index is 1.55. The van der Waals surface area contributed by atoms with Gasteiger partial charge in [-0.15, -0.1) is 0 Å². The smallest absolute Gasteiger partial charge is 0.283 e. The van der Waals surface area contributed by atoms with Crippen LogP contribution in [0.3, 0.4) is 0 Å². The molecule has 2 amide bonds. The third-order valence-electron chi connectivity index (χ3n) is 5.14. The minimum atomic E-state index is -0.467. The predicted octanol–water partition coefficient (Wildman–Crippen LogP) is 5.76. The summed E-state index contributed by atoms with van der Waals surface area (Å²) in [6.45, 7) is 4.37. The van der Waals surface area contributed by atoms with E-state index in [0.717, 1.165) is 16.1 Å². The number of hydrogen-bond donors (Lipinski definition) is 0. The summed E-state index contributed by atoms with van der Waals surface area (Å²) < 4.78 is 11.7. The summed E-state index contributed by atoms with van der Waals surface area (Å²) >= 11 is 6.05. The molecule has 3 aromatic rings. The second-order valence-corrected chi connectivity index (χ2v) is 8.03. The first-order chi connectivity index (χ1) is 16.5. The number of imide groups is 1. The molecule has 172 valence electrons. The zero-order valence-electron chi connectivity index (χ0n) is 18.8. The van der Waals surface area contributed by atoms with E-state index in [1.807, 2.05) is 37.3 Å². The first kappa shape index (κ1) is 23.3. The predicted molar refractivity (Wildman–Crippen MR) is 132 cm³/mol. The maximum absolute atomic E-state index is 13.0. The van der Waals surface area contributed by atoms with Crippen LogP contribution in [0.1, 0.15) is 35.3 Å². The highest BCUT2D eigenvalue weighted by Gasteiger charge is 2.32. The number of benzene rings is 3. The molecule has 0 fully saturated rings. The molecule has 3 aromatic carbocycles. The van der Waals surface area contributed by atoms with Gasteiger partial charge < -0.3 is 9.47 Å². The van der Waals surface area contributed by atoms with Crippen LogP contribution < -0.4 is 9.47 Å². The minimum absolute atomic E-state index is 0.335. The molecule has 0 atom stereocenters. The van der Waals surface area contributed by atoms with Gasteiger partial charge >= 0.3 is 0 Å². The molecule has 0 N–H and O–H groups in total. The van der Waals surface area contributed by atoms with E-state index >= 15 is 0 Å². The Morgan fingerprint density at radius 3 is 2.53 bits per heavy atom. The van der Waals surface area contributed by atoms with Gasteiger partial charge in [0.05, 0.1) is 17.9 Å². The van der Waals surface area contributed by atoms with E-state index in [2.05, 4.69) is 5.10 Å². The van der Waals surface area contributed by atoms with Gasteiger partial charge in [-0.1, -0.05) is 48.0 Å². The Morgan fingerprint density at radius 2 is 1.79 bits per heavy atom. The maximum atomic E-state index is 13.0. The van der Waals surface area contributed by atoms with Crippen molar-refractivity contribution in [2.24, 2.45) is 5.10 Å². The largest absolute Gasteiger partial charge is 0.490 e. The Labute approximate surface area is 203 Å². The van der Waals surface area contributed by atoms with E-state index in [-0.39, 0.29) is 0 Å². The highest BCUT2D eigenvalue weighted by Crippen LogP contribution is 2.31. The summed E-state index contributed by atoms with van der Waals surface area (Å²) in [5, 5.41) is 5.74. The number of hydrazone groups is 1. The zero-order chi connectivity index (χ0) is 24.1. The molecule has 0 aliphatic carbocycles. The fraction of sp³-hybridized carbons (Fsp3) is 0.148. The van der Waals surface area contributed by atoms with Crippen LogP contribution in [0, 0.1) is 0 Å². The lowest BCUT2D eigenvalue weighted by molar-refractivity contribution is -0.123. The molecule has 0 bridgehead atoms. The van der Waals surface area contributed by atoms with Crippen molar-refractivity contribution in [3.8, 4) is 11.5 Å². The van der Waals surface area contributed by atoms with Crippen LogP contribution in [0.25, 0.3) is 6.08 Å².